The zero-order valence-corrected chi connectivity index (χ0v) is 14.8. The highest BCUT2D eigenvalue weighted by atomic mass is 16.3. The number of aryl methyl sites for hydroxylation is 1. The lowest BCUT2D eigenvalue weighted by molar-refractivity contribution is -0.120. The summed E-state index contributed by atoms with van der Waals surface area (Å²) >= 11 is 0. The molecule has 0 saturated heterocycles. The number of para-hydroxylation sites is 1. The van der Waals surface area contributed by atoms with Gasteiger partial charge in [0.1, 0.15) is 5.76 Å². The summed E-state index contributed by atoms with van der Waals surface area (Å²) in [5.41, 5.74) is 3.09. The fourth-order valence-electron chi connectivity index (χ4n) is 2.91. The van der Waals surface area contributed by atoms with Crippen LogP contribution >= 0.6 is 0 Å². The van der Waals surface area contributed by atoms with Crippen LogP contribution in [0, 0.1) is 6.92 Å². The van der Waals surface area contributed by atoms with Crippen molar-refractivity contribution in [3.05, 3.63) is 65.2 Å². The average molecular weight is 351 g/mol. The van der Waals surface area contributed by atoms with Crippen molar-refractivity contribution in [1.29, 1.82) is 0 Å². The second kappa shape index (κ2) is 7.82. The molecule has 2 heterocycles. The van der Waals surface area contributed by atoms with Crippen LogP contribution in [0.15, 0.2) is 47.1 Å². The van der Waals surface area contributed by atoms with Gasteiger partial charge >= 0.3 is 0 Å². The van der Waals surface area contributed by atoms with Crippen LogP contribution in [0.2, 0.25) is 0 Å². The van der Waals surface area contributed by atoms with Crippen molar-refractivity contribution in [2.24, 2.45) is 0 Å². The number of carbonyl (C=O) groups is 2. The van der Waals surface area contributed by atoms with Gasteiger partial charge < -0.3 is 15.1 Å². The second-order valence-corrected chi connectivity index (χ2v) is 5.97. The van der Waals surface area contributed by atoms with Gasteiger partial charge in [0.05, 0.1) is 30.4 Å². The van der Waals surface area contributed by atoms with Crippen LogP contribution < -0.4 is 10.6 Å². The molecule has 2 amide bonds. The van der Waals surface area contributed by atoms with Gasteiger partial charge in [-0.15, -0.1) is 0 Å². The van der Waals surface area contributed by atoms with Crippen LogP contribution in [0.4, 0.5) is 0 Å². The van der Waals surface area contributed by atoms with E-state index in [2.05, 4.69) is 15.6 Å². The molecule has 0 aliphatic rings. The number of pyridine rings is 1. The predicted octanol–water partition coefficient (Wildman–Crippen LogP) is 2.74. The average Bonchev–Trinajstić information content (AvgIpc) is 3.17. The molecule has 134 valence electrons. The minimum Gasteiger partial charge on any atom is -0.467 e. The van der Waals surface area contributed by atoms with E-state index in [4.69, 9.17) is 4.42 Å². The number of amides is 2. The molecular formula is C20H21N3O3. The Bertz CT molecular complexity index is 933. The van der Waals surface area contributed by atoms with Gasteiger partial charge in [0.15, 0.2) is 0 Å². The summed E-state index contributed by atoms with van der Waals surface area (Å²) in [6.07, 6.45) is 2.28. The van der Waals surface area contributed by atoms with Crippen LogP contribution in [0.1, 0.15) is 34.3 Å². The van der Waals surface area contributed by atoms with E-state index in [9.17, 15) is 9.59 Å². The molecule has 3 rings (SSSR count). The van der Waals surface area contributed by atoms with Gasteiger partial charge in [0, 0.05) is 11.1 Å². The lowest BCUT2D eigenvalue weighted by atomic mass is 9.99. The predicted molar refractivity (Wildman–Crippen MR) is 98.7 cm³/mol. The molecule has 0 radical (unpaired) electrons. The number of fused-ring (bicyclic) bond motifs is 1. The van der Waals surface area contributed by atoms with Crippen LogP contribution in [-0.4, -0.2) is 23.3 Å². The van der Waals surface area contributed by atoms with E-state index in [1.807, 2.05) is 38.1 Å². The third kappa shape index (κ3) is 3.74. The number of furan rings is 1. The number of nitrogens with zero attached hydrogens (tertiary/aromatic N) is 1. The molecular weight excluding hydrogens is 330 g/mol. The maximum Gasteiger partial charge on any atom is 0.252 e. The summed E-state index contributed by atoms with van der Waals surface area (Å²) in [5, 5.41) is 6.20. The number of aromatic nitrogens is 1. The smallest absolute Gasteiger partial charge is 0.252 e. The lowest BCUT2D eigenvalue weighted by Gasteiger charge is -2.13. The Kier molecular flexibility index (Phi) is 5.31. The van der Waals surface area contributed by atoms with E-state index in [0.29, 0.717) is 17.9 Å². The molecule has 0 atom stereocenters. The van der Waals surface area contributed by atoms with Crippen LogP contribution in [0.3, 0.4) is 0 Å². The molecule has 2 N–H and O–H groups in total. The highest BCUT2D eigenvalue weighted by Crippen LogP contribution is 2.23. The van der Waals surface area contributed by atoms with Crippen molar-refractivity contribution in [1.82, 2.24) is 15.6 Å². The maximum absolute atomic E-state index is 12.7. The van der Waals surface area contributed by atoms with Crippen molar-refractivity contribution in [2.75, 3.05) is 6.54 Å². The summed E-state index contributed by atoms with van der Waals surface area (Å²) in [5.74, 6) is 0.110. The molecule has 3 aromatic rings. The largest absolute Gasteiger partial charge is 0.467 e. The number of carbonyl (C=O) groups excluding carboxylic acids is 2. The Morgan fingerprint density at radius 1 is 1.12 bits per heavy atom. The standard InChI is InChI=1S/C20H21N3O3/c1-3-16-13(2)19(15-8-4-5-9-17(15)23-16)20(25)22-12-18(24)21-11-14-7-6-10-26-14/h4-10H,3,11-12H2,1-2H3,(H,21,24)(H,22,25). The van der Waals surface area contributed by atoms with E-state index in [1.165, 1.54) is 0 Å². The fourth-order valence-corrected chi connectivity index (χ4v) is 2.91. The molecule has 6 heteroatoms. The van der Waals surface area contributed by atoms with Gasteiger partial charge in [-0.05, 0) is 37.1 Å². The van der Waals surface area contributed by atoms with Crippen molar-refractivity contribution < 1.29 is 14.0 Å². The molecule has 0 fully saturated rings. The number of rotatable bonds is 6. The number of hydrogen-bond donors (Lipinski definition) is 2. The first-order chi connectivity index (χ1) is 12.6. The molecule has 0 aliphatic carbocycles. The van der Waals surface area contributed by atoms with Crippen molar-refractivity contribution in [3.63, 3.8) is 0 Å². The minimum absolute atomic E-state index is 0.100. The van der Waals surface area contributed by atoms with Gasteiger partial charge in [-0.25, -0.2) is 0 Å². The van der Waals surface area contributed by atoms with Crippen molar-refractivity contribution in [2.45, 2.75) is 26.8 Å². The molecule has 0 bridgehead atoms. The fraction of sp³-hybridized carbons (Fsp3) is 0.250. The molecule has 0 saturated carbocycles. The number of hydrogen-bond acceptors (Lipinski definition) is 4. The summed E-state index contributed by atoms with van der Waals surface area (Å²) < 4.78 is 5.16. The first-order valence-corrected chi connectivity index (χ1v) is 8.55. The third-order valence-corrected chi connectivity index (χ3v) is 4.25. The molecule has 0 unspecified atom stereocenters. The SMILES string of the molecule is CCc1nc2ccccc2c(C(=O)NCC(=O)NCc2ccco2)c1C. The van der Waals surface area contributed by atoms with E-state index in [0.717, 1.165) is 28.6 Å². The van der Waals surface area contributed by atoms with Gasteiger partial charge in [-0.2, -0.15) is 0 Å². The summed E-state index contributed by atoms with van der Waals surface area (Å²) in [6, 6.07) is 11.1. The lowest BCUT2D eigenvalue weighted by Crippen LogP contribution is -2.37. The van der Waals surface area contributed by atoms with Gasteiger partial charge in [-0.3, -0.25) is 14.6 Å². The normalized spacial score (nSPS) is 10.7. The molecule has 0 spiro atoms. The third-order valence-electron chi connectivity index (χ3n) is 4.25. The Morgan fingerprint density at radius 3 is 2.65 bits per heavy atom. The van der Waals surface area contributed by atoms with Crippen LogP contribution in [0.25, 0.3) is 10.9 Å². The Labute approximate surface area is 151 Å². The van der Waals surface area contributed by atoms with Crippen molar-refractivity contribution in [3.8, 4) is 0 Å². The summed E-state index contributed by atoms with van der Waals surface area (Å²) in [6.45, 7) is 4.09. The highest BCUT2D eigenvalue weighted by Gasteiger charge is 2.17. The molecule has 1 aromatic carbocycles. The maximum atomic E-state index is 12.7. The van der Waals surface area contributed by atoms with E-state index in [1.54, 1.807) is 18.4 Å². The van der Waals surface area contributed by atoms with E-state index < -0.39 is 0 Å². The van der Waals surface area contributed by atoms with Gasteiger partial charge in [0.25, 0.3) is 5.91 Å². The summed E-state index contributed by atoms with van der Waals surface area (Å²) in [4.78, 5) is 29.3. The zero-order chi connectivity index (χ0) is 18.5. The quantitative estimate of drug-likeness (QED) is 0.715. The topological polar surface area (TPSA) is 84.2 Å². The monoisotopic (exact) mass is 351 g/mol. The van der Waals surface area contributed by atoms with Gasteiger partial charge in [0.2, 0.25) is 5.91 Å². The van der Waals surface area contributed by atoms with Crippen LogP contribution in [0.5, 0.6) is 0 Å². The Balaban J connectivity index is 1.73. The van der Waals surface area contributed by atoms with E-state index >= 15 is 0 Å². The molecule has 2 aromatic heterocycles. The van der Waals surface area contributed by atoms with E-state index in [-0.39, 0.29) is 18.4 Å². The Hall–Kier alpha value is -3.15. The first kappa shape index (κ1) is 17.7. The Morgan fingerprint density at radius 2 is 1.92 bits per heavy atom. The molecule has 6 nitrogen and oxygen atoms in total. The molecule has 26 heavy (non-hydrogen) atoms. The zero-order valence-electron chi connectivity index (χ0n) is 14.8. The molecule has 0 aliphatic heterocycles. The van der Waals surface area contributed by atoms with Gasteiger partial charge in [-0.1, -0.05) is 25.1 Å². The number of nitrogens with one attached hydrogen (secondary N) is 2. The number of benzene rings is 1. The second-order valence-electron chi connectivity index (χ2n) is 5.97. The van der Waals surface area contributed by atoms with Crippen LogP contribution in [-0.2, 0) is 17.8 Å². The first-order valence-electron chi connectivity index (χ1n) is 8.55. The minimum atomic E-state index is -0.276. The summed E-state index contributed by atoms with van der Waals surface area (Å²) in [7, 11) is 0. The van der Waals surface area contributed by atoms with Crippen molar-refractivity contribution >= 4 is 22.7 Å². The highest BCUT2D eigenvalue weighted by molar-refractivity contribution is 6.08.